The van der Waals surface area contributed by atoms with E-state index in [2.05, 4.69) is 5.32 Å². The molecule has 3 amide bonds. The van der Waals surface area contributed by atoms with Crippen LogP contribution in [0.1, 0.15) is 20.7 Å². The van der Waals surface area contributed by atoms with Crippen molar-refractivity contribution < 1.29 is 18.8 Å². The fourth-order valence-corrected chi connectivity index (χ4v) is 2.63. The Labute approximate surface area is 141 Å². The molecular weight excluding hydrogens is 333 g/mol. The third kappa shape index (κ3) is 4.56. The molecule has 0 aliphatic heterocycles. The summed E-state index contributed by atoms with van der Waals surface area (Å²) >= 11 is 1.03. The van der Waals surface area contributed by atoms with Gasteiger partial charge in [-0.15, -0.1) is 11.8 Å². The zero-order valence-corrected chi connectivity index (χ0v) is 13.2. The molecule has 5 N–H and O–H groups in total. The number of carbonyl (C=O) groups excluding carboxylic acids is 3. The van der Waals surface area contributed by atoms with Crippen molar-refractivity contribution >= 4 is 35.2 Å². The van der Waals surface area contributed by atoms with Gasteiger partial charge in [-0.05, 0) is 30.3 Å². The second-order valence-corrected chi connectivity index (χ2v) is 5.81. The van der Waals surface area contributed by atoms with Gasteiger partial charge >= 0.3 is 0 Å². The Hall–Kier alpha value is -2.87. The van der Waals surface area contributed by atoms with Gasteiger partial charge in [-0.3, -0.25) is 14.4 Å². The Morgan fingerprint density at radius 2 is 1.58 bits per heavy atom. The first-order chi connectivity index (χ1) is 11.4. The van der Waals surface area contributed by atoms with E-state index in [0.29, 0.717) is 4.90 Å². The molecule has 0 saturated heterocycles. The van der Waals surface area contributed by atoms with Crippen molar-refractivity contribution in [3.63, 3.8) is 0 Å². The summed E-state index contributed by atoms with van der Waals surface area (Å²) in [5.41, 5.74) is 10.7. The number of amides is 3. The van der Waals surface area contributed by atoms with Crippen molar-refractivity contribution in [1.82, 2.24) is 0 Å². The molecule has 0 aliphatic carbocycles. The zero-order chi connectivity index (χ0) is 17.7. The molecule has 8 heteroatoms. The monoisotopic (exact) mass is 347 g/mol. The van der Waals surface area contributed by atoms with Crippen LogP contribution in [0.15, 0.2) is 47.4 Å². The van der Waals surface area contributed by atoms with Crippen molar-refractivity contribution in [2.24, 2.45) is 11.5 Å². The van der Waals surface area contributed by atoms with Crippen molar-refractivity contribution in [2.45, 2.75) is 4.90 Å². The van der Waals surface area contributed by atoms with Crippen LogP contribution in [0.4, 0.5) is 10.1 Å². The van der Waals surface area contributed by atoms with Crippen LogP contribution in [0.5, 0.6) is 0 Å². The van der Waals surface area contributed by atoms with Gasteiger partial charge in [0, 0.05) is 21.7 Å². The average Bonchev–Trinajstić information content (AvgIpc) is 2.53. The number of hydrogen-bond donors (Lipinski definition) is 3. The lowest BCUT2D eigenvalue weighted by Gasteiger charge is -2.08. The molecule has 6 nitrogen and oxygen atoms in total. The summed E-state index contributed by atoms with van der Waals surface area (Å²) < 4.78 is 13.5. The molecular formula is C16H14FN3O3S. The number of thioether (sulfide) groups is 1. The van der Waals surface area contributed by atoms with Gasteiger partial charge in [-0.1, -0.05) is 12.1 Å². The smallest absolute Gasteiger partial charge is 0.248 e. The molecule has 0 aliphatic rings. The number of nitrogens with one attached hydrogen (secondary N) is 1. The van der Waals surface area contributed by atoms with Crippen LogP contribution >= 0.6 is 11.8 Å². The molecule has 0 spiro atoms. The Morgan fingerprint density at radius 1 is 1.00 bits per heavy atom. The molecule has 2 aromatic rings. The van der Waals surface area contributed by atoms with Crippen LogP contribution in [0, 0.1) is 5.82 Å². The Balaban J connectivity index is 2.09. The molecule has 0 unspecified atom stereocenters. The van der Waals surface area contributed by atoms with Crippen LogP contribution in [0.2, 0.25) is 0 Å². The number of halogens is 1. The van der Waals surface area contributed by atoms with Gasteiger partial charge in [0.15, 0.2) is 0 Å². The minimum absolute atomic E-state index is 0.0448. The minimum Gasteiger partial charge on any atom is -0.366 e. The van der Waals surface area contributed by atoms with E-state index in [-0.39, 0.29) is 22.6 Å². The topological polar surface area (TPSA) is 115 Å². The Morgan fingerprint density at radius 3 is 2.12 bits per heavy atom. The number of benzene rings is 2. The van der Waals surface area contributed by atoms with E-state index < -0.39 is 23.5 Å². The first kappa shape index (κ1) is 17.5. The average molecular weight is 347 g/mol. The summed E-state index contributed by atoms with van der Waals surface area (Å²) in [6, 6.07) is 10.00. The summed E-state index contributed by atoms with van der Waals surface area (Å²) in [5.74, 6) is -2.40. The van der Waals surface area contributed by atoms with Crippen molar-refractivity contribution in [1.29, 1.82) is 0 Å². The summed E-state index contributed by atoms with van der Waals surface area (Å²) in [6.45, 7) is 0. The first-order valence-electron chi connectivity index (χ1n) is 6.78. The fraction of sp³-hybridized carbons (Fsp3) is 0.0625. The lowest BCUT2D eigenvalue weighted by atomic mass is 10.1. The molecule has 0 heterocycles. The highest BCUT2D eigenvalue weighted by Gasteiger charge is 2.12. The third-order valence-electron chi connectivity index (χ3n) is 2.98. The number of carbonyl (C=O) groups is 3. The van der Waals surface area contributed by atoms with E-state index in [1.165, 1.54) is 24.3 Å². The molecule has 2 rings (SSSR count). The maximum absolute atomic E-state index is 13.5. The van der Waals surface area contributed by atoms with E-state index in [1.807, 2.05) is 0 Å². The van der Waals surface area contributed by atoms with Crippen LogP contribution in [0.3, 0.4) is 0 Å². The lowest BCUT2D eigenvalue weighted by molar-refractivity contribution is -0.113. The number of hydrogen-bond acceptors (Lipinski definition) is 4. The SMILES string of the molecule is NC(=O)c1cc(NC(=O)CSc2ccccc2F)cc(C(N)=O)c1. The molecule has 24 heavy (non-hydrogen) atoms. The minimum atomic E-state index is -0.755. The van der Waals surface area contributed by atoms with Crippen molar-refractivity contribution in [2.75, 3.05) is 11.1 Å². The van der Waals surface area contributed by atoms with Gasteiger partial charge in [0.1, 0.15) is 5.82 Å². The molecule has 124 valence electrons. The van der Waals surface area contributed by atoms with E-state index in [9.17, 15) is 18.8 Å². The highest BCUT2D eigenvalue weighted by molar-refractivity contribution is 8.00. The molecule has 0 bridgehead atoms. The van der Waals surface area contributed by atoms with Crippen LogP contribution in [-0.4, -0.2) is 23.5 Å². The van der Waals surface area contributed by atoms with Gasteiger partial charge in [-0.2, -0.15) is 0 Å². The van der Waals surface area contributed by atoms with Gasteiger partial charge < -0.3 is 16.8 Å². The van der Waals surface area contributed by atoms with E-state index in [4.69, 9.17) is 11.5 Å². The maximum atomic E-state index is 13.5. The van der Waals surface area contributed by atoms with Gasteiger partial charge in [-0.25, -0.2) is 4.39 Å². The quantitative estimate of drug-likeness (QED) is 0.690. The standard InChI is InChI=1S/C16H14FN3O3S/c17-12-3-1-2-4-13(12)24-8-14(21)20-11-6-9(15(18)22)5-10(7-11)16(19)23/h1-7H,8H2,(H2,18,22)(H2,19,23)(H,20,21). The van der Waals surface area contributed by atoms with Crippen LogP contribution < -0.4 is 16.8 Å². The maximum Gasteiger partial charge on any atom is 0.248 e. The summed E-state index contributed by atoms with van der Waals surface area (Å²) in [4.78, 5) is 34.9. The molecule has 0 saturated carbocycles. The van der Waals surface area contributed by atoms with Crippen LogP contribution in [0.25, 0.3) is 0 Å². The largest absolute Gasteiger partial charge is 0.366 e. The number of primary amides is 2. The summed E-state index contributed by atoms with van der Waals surface area (Å²) in [7, 11) is 0. The number of nitrogens with two attached hydrogens (primary N) is 2. The second-order valence-electron chi connectivity index (χ2n) is 4.79. The van der Waals surface area contributed by atoms with Crippen LogP contribution in [-0.2, 0) is 4.79 Å². The normalized spacial score (nSPS) is 10.2. The molecule has 0 radical (unpaired) electrons. The third-order valence-corrected chi connectivity index (χ3v) is 4.03. The molecule has 2 aromatic carbocycles. The molecule has 0 aromatic heterocycles. The Kier molecular flexibility index (Phi) is 5.54. The van der Waals surface area contributed by atoms with Crippen molar-refractivity contribution in [3.05, 3.63) is 59.4 Å². The summed E-state index contributed by atoms with van der Waals surface area (Å²) in [6.07, 6.45) is 0. The highest BCUT2D eigenvalue weighted by Crippen LogP contribution is 2.22. The van der Waals surface area contributed by atoms with Gasteiger partial charge in [0.25, 0.3) is 0 Å². The summed E-state index contributed by atoms with van der Waals surface area (Å²) in [5, 5.41) is 2.52. The Bertz CT molecular complexity index is 779. The fourth-order valence-electron chi connectivity index (χ4n) is 1.89. The lowest BCUT2D eigenvalue weighted by Crippen LogP contribution is -2.19. The predicted octanol–water partition coefficient (Wildman–Crippen LogP) is 1.75. The predicted molar refractivity (Wildman–Crippen MR) is 89.2 cm³/mol. The highest BCUT2D eigenvalue weighted by atomic mass is 32.2. The van der Waals surface area contributed by atoms with Gasteiger partial charge in [0.2, 0.25) is 17.7 Å². The van der Waals surface area contributed by atoms with E-state index in [0.717, 1.165) is 11.8 Å². The van der Waals surface area contributed by atoms with E-state index in [1.54, 1.807) is 18.2 Å². The first-order valence-corrected chi connectivity index (χ1v) is 7.77. The van der Waals surface area contributed by atoms with E-state index >= 15 is 0 Å². The second kappa shape index (κ2) is 7.60. The zero-order valence-electron chi connectivity index (χ0n) is 12.4. The number of rotatable bonds is 6. The van der Waals surface area contributed by atoms with Gasteiger partial charge in [0.05, 0.1) is 5.75 Å². The number of anilines is 1. The molecule has 0 fully saturated rings. The van der Waals surface area contributed by atoms with Crippen molar-refractivity contribution in [3.8, 4) is 0 Å². The molecule has 0 atom stereocenters.